The van der Waals surface area contributed by atoms with Crippen LogP contribution in [-0.2, 0) is 31.9 Å². The van der Waals surface area contributed by atoms with E-state index in [1.165, 1.54) is 0 Å². The molecule has 11 heteroatoms. The predicted molar refractivity (Wildman–Crippen MR) is 76.9 cm³/mol. The Labute approximate surface area is 142 Å². The van der Waals surface area contributed by atoms with Crippen LogP contribution in [0.5, 0.6) is 0 Å². The van der Waals surface area contributed by atoms with Gasteiger partial charge < -0.3 is 4.98 Å². The molecular weight excluding hydrogens is 366 g/mol. The van der Waals surface area contributed by atoms with Gasteiger partial charge in [0.1, 0.15) is 0 Å². The molecule has 0 saturated heterocycles. The van der Waals surface area contributed by atoms with Crippen LogP contribution in [0.4, 0.5) is 26.3 Å². The van der Waals surface area contributed by atoms with Gasteiger partial charge in [-0.15, -0.1) is 0 Å². The second kappa shape index (κ2) is 6.38. The lowest BCUT2D eigenvalue weighted by atomic mass is 10.0. The average molecular weight is 378 g/mol. The van der Waals surface area contributed by atoms with Crippen LogP contribution in [0.25, 0.3) is 0 Å². The van der Waals surface area contributed by atoms with Crippen molar-refractivity contribution in [3.8, 4) is 0 Å². The SMILES string of the molecule is O=c1[nH]c(C(F)(F)F)nc2c1CN(Cc1cnccc1C(F)(F)F)CC2. The molecule has 0 spiro atoms. The lowest BCUT2D eigenvalue weighted by Crippen LogP contribution is -2.37. The number of halogens is 6. The van der Waals surface area contributed by atoms with Gasteiger partial charge in [-0.05, 0) is 11.6 Å². The van der Waals surface area contributed by atoms with E-state index in [0.717, 1.165) is 18.5 Å². The minimum absolute atomic E-state index is 0.0135. The largest absolute Gasteiger partial charge is 0.449 e. The van der Waals surface area contributed by atoms with Gasteiger partial charge in [0.25, 0.3) is 5.56 Å². The number of nitrogens with zero attached hydrogens (tertiary/aromatic N) is 3. The number of aromatic nitrogens is 3. The highest BCUT2D eigenvalue weighted by atomic mass is 19.4. The summed E-state index contributed by atoms with van der Waals surface area (Å²) >= 11 is 0. The molecule has 0 atom stereocenters. The standard InChI is InChI=1S/C15H12F6N4O/c16-14(17,18)10-1-3-22-5-8(10)6-25-4-2-11-9(7-25)12(26)24-13(23-11)15(19,20)21/h1,3,5H,2,4,6-7H2,(H,23,24,26). The smallest absolute Gasteiger partial charge is 0.303 e. The summed E-state index contributed by atoms with van der Waals surface area (Å²) in [4.78, 5) is 22.3. The lowest BCUT2D eigenvalue weighted by Gasteiger charge is -2.28. The molecule has 2 aromatic rings. The molecule has 0 aromatic carbocycles. The van der Waals surface area contributed by atoms with E-state index in [2.05, 4.69) is 9.97 Å². The number of hydrogen-bond donors (Lipinski definition) is 1. The number of pyridine rings is 1. The lowest BCUT2D eigenvalue weighted by molar-refractivity contribution is -0.145. The quantitative estimate of drug-likeness (QED) is 0.817. The maximum absolute atomic E-state index is 13.0. The fourth-order valence-electron chi connectivity index (χ4n) is 2.82. The van der Waals surface area contributed by atoms with Crippen LogP contribution in [0.3, 0.4) is 0 Å². The summed E-state index contributed by atoms with van der Waals surface area (Å²) in [5.41, 5.74) is -1.80. The Morgan fingerprint density at radius 1 is 1.15 bits per heavy atom. The van der Waals surface area contributed by atoms with Crippen LogP contribution < -0.4 is 5.56 Å². The highest BCUT2D eigenvalue weighted by Crippen LogP contribution is 2.32. The van der Waals surface area contributed by atoms with E-state index in [4.69, 9.17) is 0 Å². The van der Waals surface area contributed by atoms with Gasteiger partial charge in [0.05, 0.1) is 16.8 Å². The minimum Gasteiger partial charge on any atom is -0.303 e. The molecule has 1 aliphatic rings. The van der Waals surface area contributed by atoms with E-state index >= 15 is 0 Å². The van der Waals surface area contributed by atoms with Crippen LogP contribution in [0.15, 0.2) is 23.3 Å². The van der Waals surface area contributed by atoms with Gasteiger partial charge in [-0.2, -0.15) is 26.3 Å². The third kappa shape index (κ3) is 3.71. The van der Waals surface area contributed by atoms with Crippen LogP contribution >= 0.6 is 0 Å². The van der Waals surface area contributed by atoms with Crippen LogP contribution in [0.1, 0.15) is 28.2 Å². The normalized spacial score (nSPS) is 15.8. The Hall–Kier alpha value is -2.43. The highest BCUT2D eigenvalue weighted by molar-refractivity contribution is 5.27. The van der Waals surface area contributed by atoms with Crippen molar-refractivity contribution < 1.29 is 26.3 Å². The van der Waals surface area contributed by atoms with Crippen LogP contribution in [-0.4, -0.2) is 26.4 Å². The molecule has 5 nitrogen and oxygen atoms in total. The van der Waals surface area contributed by atoms with E-state index in [1.807, 2.05) is 0 Å². The monoisotopic (exact) mass is 378 g/mol. The number of hydrogen-bond acceptors (Lipinski definition) is 4. The maximum atomic E-state index is 13.0. The van der Waals surface area contributed by atoms with Crippen molar-refractivity contribution >= 4 is 0 Å². The summed E-state index contributed by atoms with van der Waals surface area (Å²) in [6.45, 7) is -0.0580. The molecule has 0 amide bonds. The first-order valence-electron chi connectivity index (χ1n) is 7.47. The van der Waals surface area contributed by atoms with Crippen molar-refractivity contribution in [2.75, 3.05) is 6.54 Å². The number of fused-ring (bicyclic) bond motifs is 1. The summed E-state index contributed by atoms with van der Waals surface area (Å²) < 4.78 is 77.2. The zero-order valence-electron chi connectivity index (χ0n) is 13.1. The third-order valence-corrected chi connectivity index (χ3v) is 4.02. The molecule has 1 aliphatic heterocycles. The summed E-state index contributed by atoms with van der Waals surface area (Å²) in [6.07, 6.45) is -7.17. The number of nitrogens with one attached hydrogen (secondary N) is 1. The van der Waals surface area contributed by atoms with Crippen LogP contribution in [0.2, 0.25) is 0 Å². The molecule has 0 saturated carbocycles. The molecule has 0 radical (unpaired) electrons. The van der Waals surface area contributed by atoms with Crippen molar-refractivity contribution in [3.05, 3.63) is 57.0 Å². The molecule has 140 valence electrons. The predicted octanol–water partition coefficient (Wildman–Crippen LogP) is 2.76. The summed E-state index contributed by atoms with van der Waals surface area (Å²) in [5.74, 6) is -1.37. The van der Waals surface area contributed by atoms with E-state index < -0.39 is 29.3 Å². The van der Waals surface area contributed by atoms with Gasteiger partial charge in [0.15, 0.2) is 0 Å². The molecule has 3 rings (SSSR count). The fourth-order valence-corrected chi connectivity index (χ4v) is 2.82. The molecule has 0 aliphatic carbocycles. The van der Waals surface area contributed by atoms with E-state index in [1.54, 1.807) is 9.88 Å². The zero-order valence-corrected chi connectivity index (χ0v) is 13.1. The highest BCUT2D eigenvalue weighted by Gasteiger charge is 2.37. The maximum Gasteiger partial charge on any atom is 0.449 e. The van der Waals surface area contributed by atoms with Crippen molar-refractivity contribution in [3.63, 3.8) is 0 Å². The zero-order chi connectivity index (χ0) is 19.1. The van der Waals surface area contributed by atoms with E-state index in [0.29, 0.717) is 0 Å². The second-order valence-corrected chi connectivity index (χ2v) is 5.83. The molecule has 2 aromatic heterocycles. The topological polar surface area (TPSA) is 61.9 Å². The van der Waals surface area contributed by atoms with Crippen LogP contribution in [0, 0.1) is 0 Å². The molecule has 3 heterocycles. The van der Waals surface area contributed by atoms with Crippen molar-refractivity contribution in [1.29, 1.82) is 0 Å². The number of alkyl halides is 6. The fraction of sp³-hybridized carbons (Fsp3) is 0.400. The van der Waals surface area contributed by atoms with Crippen molar-refractivity contribution in [2.24, 2.45) is 0 Å². The van der Waals surface area contributed by atoms with Crippen molar-refractivity contribution in [1.82, 2.24) is 19.9 Å². The Bertz CT molecular complexity index is 874. The molecular formula is C15H12F6N4O. The number of rotatable bonds is 2. The number of H-pyrrole nitrogens is 1. The Morgan fingerprint density at radius 3 is 2.54 bits per heavy atom. The summed E-state index contributed by atoms with van der Waals surface area (Å²) in [7, 11) is 0. The molecule has 0 unspecified atom stereocenters. The Balaban J connectivity index is 1.86. The minimum atomic E-state index is -4.78. The van der Waals surface area contributed by atoms with E-state index in [9.17, 15) is 31.1 Å². The second-order valence-electron chi connectivity index (χ2n) is 5.83. The third-order valence-electron chi connectivity index (χ3n) is 4.02. The van der Waals surface area contributed by atoms with Crippen molar-refractivity contribution in [2.45, 2.75) is 31.9 Å². The Morgan fingerprint density at radius 2 is 1.88 bits per heavy atom. The van der Waals surface area contributed by atoms with Gasteiger partial charge >= 0.3 is 12.4 Å². The van der Waals surface area contributed by atoms with Gasteiger partial charge in [-0.1, -0.05) is 0 Å². The molecule has 1 N–H and O–H groups in total. The average Bonchev–Trinajstić information content (AvgIpc) is 2.54. The molecule has 26 heavy (non-hydrogen) atoms. The molecule has 0 bridgehead atoms. The van der Waals surface area contributed by atoms with Gasteiger partial charge in [-0.25, -0.2) is 4.98 Å². The van der Waals surface area contributed by atoms with E-state index in [-0.39, 0.29) is 42.9 Å². The van der Waals surface area contributed by atoms with Gasteiger partial charge in [0.2, 0.25) is 5.82 Å². The summed E-state index contributed by atoms with van der Waals surface area (Å²) in [6, 6.07) is 0.858. The first-order chi connectivity index (χ1) is 12.1. The Kier molecular flexibility index (Phi) is 4.51. The van der Waals surface area contributed by atoms with Gasteiger partial charge in [0, 0.05) is 38.4 Å². The molecule has 0 fully saturated rings. The first-order valence-corrected chi connectivity index (χ1v) is 7.47. The van der Waals surface area contributed by atoms with Gasteiger partial charge in [-0.3, -0.25) is 14.7 Å². The first kappa shape index (κ1) is 18.4. The number of aromatic amines is 1. The summed E-state index contributed by atoms with van der Waals surface area (Å²) in [5, 5.41) is 0.